The second-order valence-corrected chi connectivity index (χ2v) is 14.0. The number of benzene rings is 1. The molecule has 0 saturated heterocycles. The van der Waals surface area contributed by atoms with Crippen LogP contribution in [0.2, 0.25) is 26.2 Å². The number of rotatable bonds is 12. The Morgan fingerprint density at radius 3 is 2.25 bits per heavy atom. The Balaban J connectivity index is 2.35. The fourth-order valence-corrected chi connectivity index (χ4v) is 9.13. The SMILES string of the molecule is CCCCCCCCO[Si](C)(C)O[Si](C)(C)Oc1cccc(F)c1. The highest BCUT2D eigenvalue weighted by Gasteiger charge is 2.37. The highest BCUT2D eigenvalue weighted by Crippen LogP contribution is 2.22. The van der Waals surface area contributed by atoms with E-state index in [1.807, 2.05) is 26.2 Å². The van der Waals surface area contributed by atoms with Crippen LogP contribution in [-0.4, -0.2) is 23.7 Å². The van der Waals surface area contributed by atoms with Crippen LogP contribution in [0.15, 0.2) is 24.3 Å². The summed E-state index contributed by atoms with van der Waals surface area (Å²) in [6.07, 6.45) is 7.48. The zero-order valence-corrected chi connectivity index (χ0v) is 17.9. The number of unbranched alkanes of at least 4 members (excludes halogenated alkanes) is 5. The Bertz CT molecular complexity index is 481. The Labute approximate surface area is 149 Å². The van der Waals surface area contributed by atoms with E-state index in [4.69, 9.17) is 13.0 Å². The van der Waals surface area contributed by atoms with Gasteiger partial charge < -0.3 is 13.0 Å². The van der Waals surface area contributed by atoms with E-state index in [-0.39, 0.29) is 5.82 Å². The molecule has 0 atom stereocenters. The molecule has 1 rings (SSSR count). The summed E-state index contributed by atoms with van der Waals surface area (Å²) in [7, 11) is -4.66. The molecule has 0 radical (unpaired) electrons. The van der Waals surface area contributed by atoms with Gasteiger partial charge in [-0.25, -0.2) is 4.39 Å². The molecule has 0 N–H and O–H groups in total. The van der Waals surface area contributed by atoms with Crippen LogP contribution in [0.25, 0.3) is 0 Å². The molecule has 6 heteroatoms. The minimum Gasteiger partial charge on any atom is -0.521 e. The summed E-state index contributed by atoms with van der Waals surface area (Å²) in [6.45, 7) is 11.0. The number of hydrogen-bond donors (Lipinski definition) is 0. The third-order valence-electron chi connectivity index (χ3n) is 3.60. The predicted octanol–water partition coefficient (Wildman–Crippen LogP) is 6.00. The zero-order chi connectivity index (χ0) is 18.1. The topological polar surface area (TPSA) is 27.7 Å². The maximum Gasteiger partial charge on any atom is 0.383 e. The molecule has 0 aromatic heterocycles. The van der Waals surface area contributed by atoms with Crippen LogP contribution >= 0.6 is 0 Å². The van der Waals surface area contributed by atoms with Crippen molar-refractivity contribution in [3.8, 4) is 5.75 Å². The van der Waals surface area contributed by atoms with E-state index in [0.717, 1.165) is 13.0 Å². The highest BCUT2D eigenvalue weighted by atomic mass is 28.5. The van der Waals surface area contributed by atoms with Crippen molar-refractivity contribution in [2.45, 2.75) is 71.6 Å². The predicted molar refractivity (Wildman–Crippen MR) is 102 cm³/mol. The van der Waals surface area contributed by atoms with Gasteiger partial charge in [0.1, 0.15) is 11.6 Å². The summed E-state index contributed by atoms with van der Waals surface area (Å²) in [5, 5.41) is 0. The molecule has 0 aliphatic heterocycles. The summed E-state index contributed by atoms with van der Waals surface area (Å²) in [5.41, 5.74) is 0. The van der Waals surface area contributed by atoms with Crippen LogP contribution in [-0.2, 0) is 8.54 Å². The lowest BCUT2D eigenvalue weighted by molar-refractivity contribution is 0.224. The molecule has 0 aliphatic rings. The molecule has 138 valence electrons. The standard InChI is InChI=1S/C18H33FO3Si2/c1-6-7-8-9-10-11-15-20-23(2,3)22-24(4,5)21-18-14-12-13-17(19)16-18/h12-14,16H,6-11,15H2,1-5H3. The molecule has 0 aliphatic carbocycles. The Morgan fingerprint density at radius 2 is 1.58 bits per heavy atom. The third-order valence-corrected chi connectivity index (χ3v) is 9.16. The van der Waals surface area contributed by atoms with Crippen molar-refractivity contribution in [1.82, 2.24) is 0 Å². The number of halogens is 1. The number of hydrogen-bond acceptors (Lipinski definition) is 3. The normalized spacial score (nSPS) is 12.4. The van der Waals surface area contributed by atoms with Gasteiger partial charge in [-0.15, -0.1) is 0 Å². The van der Waals surface area contributed by atoms with Gasteiger partial charge in [0.15, 0.2) is 0 Å². The summed E-state index contributed by atoms with van der Waals surface area (Å²) >= 11 is 0. The Morgan fingerprint density at radius 1 is 0.917 bits per heavy atom. The lowest BCUT2D eigenvalue weighted by atomic mass is 10.1. The minimum absolute atomic E-state index is 0.298. The molecule has 0 spiro atoms. The molecular formula is C18H33FO3Si2. The smallest absolute Gasteiger partial charge is 0.383 e. The van der Waals surface area contributed by atoms with Crippen LogP contribution < -0.4 is 4.43 Å². The average Bonchev–Trinajstić information content (AvgIpc) is 2.44. The third kappa shape index (κ3) is 9.56. The van der Waals surface area contributed by atoms with Crippen LogP contribution in [0.3, 0.4) is 0 Å². The van der Waals surface area contributed by atoms with Gasteiger partial charge in [0.25, 0.3) is 0 Å². The van der Waals surface area contributed by atoms with Gasteiger partial charge in [0.2, 0.25) is 0 Å². The van der Waals surface area contributed by atoms with Gasteiger partial charge in [-0.05, 0) is 44.7 Å². The molecule has 0 amide bonds. The van der Waals surface area contributed by atoms with Crippen molar-refractivity contribution in [3.63, 3.8) is 0 Å². The summed E-state index contributed by atoms with van der Waals surface area (Å²) in [5.74, 6) is 0.223. The largest absolute Gasteiger partial charge is 0.521 e. The highest BCUT2D eigenvalue weighted by molar-refractivity contribution is 6.79. The van der Waals surface area contributed by atoms with Crippen LogP contribution in [0, 0.1) is 5.82 Å². The van der Waals surface area contributed by atoms with E-state index < -0.39 is 17.1 Å². The second kappa shape index (κ2) is 10.3. The minimum atomic E-state index is -2.42. The van der Waals surface area contributed by atoms with E-state index in [1.165, 1.54) is 44.2 Å². The molecule has 0 heterocycles. The van der Waals surface area contributed by atoms with E-state index in [1.54, 1.807) is 12.1 Å². The van der Waals surface area contributed by atoms with Crippen LogP contribution in [0.4, 0.5) is 4.39 Å². The maximum absolute atomic E-state index is 13.3. The lowest BCUT2D eigenvalue weighted by Crippen LogP contribution is -2.50. The van der Waals surface area contributed by atoms with E-state index in [2.05, 4.69) is 6.92 Å². The van der Waals surface area contributed by atoms with Crippen molar-refractivity contribution in [3.05, 3.63) is 30.1 Å². The van der Waals surface area contributed by atoms with Crippen molar-refractivity contribution in [2.75, 3.05) is 6.61 Å². The first-order valence-corrected chi connectivity index (χ1v) is 14.7. The zero-order valence-electron chi connectivity index (χ0n) is 15.9. The van der Waals surface area contributed by atoms with Crippen LogP contribution in [0.5, 0.6) is 5.75 Å². The first-order chi connectivity index (χ1) is 11.2. The maximum atomic E-state index is 13.3. The first kappa shape index (κ1) is 21.3. The van der Waals surface area contributed by atoms with Gasteiger partial charge >= 0.3 is 17.1 Å². The lowest BCUT2D eigenvalue weighted by Gasteiger charge is -2.32. The average molecular weight is 373 g/mol. The molecule has 0 bridgehead atoms. The van der Waals surface area contributed by atoms with Crippen molar-refractivity contribution >= 4 is 17.1 Å². The van der Waals surface area contributed by atoms with Gasteiger partial charge in [-0.3, -0.25) is 0 Å². The fraction of sp³-hybridized carbons (Fsp3) is 0.667. The second-order valence-electron chi connectivity index (χ2n) is 7.08. The van der Waals surface area contributed by atoms with Gasteiger partial charge in [-0.1, -0.05) is 45.1 Å². The quantitative estimate of drug-likeness (QED) is 0.332. The van der Waals surface area contributed by atoms with Gasteiger partial charge in [-0.2, -0.15) is 0 Å². The fourth-order valence-electron chi connectivity index (χ4n) is 2.66. The molecular weight excluding hydrogens is 339 g/mol. The van der Waals surface area contributed by atoms with Gasteiger partial charge in [0, 0.05) is 12.7 Å². The Hall–Kier alpha value is -0.696. The van der Waals surface area contributed by atoms with E-state index >= 15 is 0 Å². The summed E-state index contributed by atoms with van der Waals surface area (Å²) in [6, 6.07) is 6.20. The Kier molecular flexibility index (Phi) is 9.19. The van der Waals surface area contributed by atoms with Crippen molar-refractivity contribution in [2.24, 2.45) is 0 Å². The first-order valence-electron chi connectivity index (χ1n) is 9.03. The van der Waals surface area contributed by atoms with Crippen molar-refractivity contribution < 1.29 is 17.4 Å². The summed E-state index contributed by atoms with van der Waals surface area (Å²) in [4.78, 5) is 0. The molecule has 1 aromatic carbocycles. The van der Waals surface area contributed by atoms with E-state index in [0.29, 0.717) is 5.75 Å². The summed E-state index contributed by atoms with van der Waals surface area (Å²) < 4.78 is 31.5. The van der Waals surface area contributed by atoms with Crippen molar-refractivity contribution in [1.29, 1.82) is 0 Å². The molecule has 3 nitrogen and oxygen atoms in total. The molecule has 0 fully saturated rings. The molecule has 0 unspecified atom stereocenters. The monoisotopic (exact) mass is 372 g/mol. The molecule has 0 saturated carbocycles. The van der Waals surface area contributed by atoms with E-state index in [9.17, 15) is 4.39 Å². The van der Waals surface area contributed by atoms with Gasteiger partial charge in [0.05, 0.1) is 0 Å². The molecule has 1 aromatic rings. The van der Waals surface area contributed by atoms with Crippen LogP contribution in [0.1, 0.15) is 45.4 Å². The molecule has 24 heavy (non-hydrogen) atoms.